The Morgan fingerprint density at radius 1 is 0.492 bits per heavy atom. The van der Waals surface area contributed by atoms with Crippen molar-refractivity contribution >= 4 is 35.4 Å². The van der Waals surface area contributed by atoms with E-state index in [2.05, 4.69) is 21.3 Å². The summed E-state index contributed by atoms with van der Waals surface area (Å²) in [7, 11) is 0. The molecule has 5 rings (SSSR count). The largest absolute Gasteiger partial charge is 0.394 e. The Bertz CT molecular complexity index is 1670. The molecule has 0 bridgehead atoms. The third-order valence-electron chi connectivity index (χ3n) is 10.7. The van der Waals surface area contributed by atoms with Gasteiger partial charge in [0.1, 0.15) is 96.8 Å². The van der Waals surface area contributed by atoms with Crippen LogP contribution in [0.2, 0.25) is 0 Å². The van der Waals surface area contributed by atoms with Crippen LogP contribution in [0, 0.1) is 0 Å². The molecule has 4 heterocycles. The number of amides is 4. The summed E-state index contributed by atoms with van der Waals surface area (Å²) in [5.41, 5.74) is -0.934. The van der Waals surface area contributed by atoms with Crippen LogP contribution in [0.4, 0.5) is 0 Å². The number of thioether (sulfide) groups is 1. The molecule has 0 aliphatic carbocycles. The average Bonchev–Trinajstić information content (AvgIpc) is 3.23. The summed E-state index contributed by atoms with van der Waals surface area (Å²) in [4.78, 5) is 49.0. The zero-order valence-corrected chi connectivity index (χ0v) is 35.5. The molecule has 4 fully saturated rings. The van der Waals surface area contributed by atoms with Crippen LogP contribution in [-0.4, -0.2) is 218 Å². The van der Waals surface area contributed by atoms with Crippen molar-refractivity contribution < 1.29 is 98.3 Å². The molecule has 20 atom stereocenters. The van der Waals surface area contributed by atoms with Gasteiger partial charge in [-0.25, -0.2) is 0 Å². The molecule has 4 amide bonds. The topological polar surface area (TPSA) is 363 Å². The van der Waals surface area contributed by atoms with Gasteiger partial charge in [0.05, 0.1) is 32.5 Å². The first-order valence-electron chi connectivity index (χ1n) is 20.1. The summed E-state index contributed by atoms with van der Waals surface area (Å²) < 4.78 is 41.2. The van der Waals surface area contributed by atoms with E-state index in [4.69, 9.17) is 33.2 Å². The molecule has 1 aromatic carbocycles. The van der Waals surface area contributed by atoms with E-state index in [1.54, 1.807) is 30.3 Å². The number of rotatable bonds is 16. The van der Waals surface area contributed by atoms with Crippen LogP contribution in [0.15, 0.2) is 35.2 Å². The van der Waals surface area contributed by atoms with Crippen LogP contribution in [-0.2, 0) is 52.3 Å². The van der Waals surface area contributed by atoms with E-state index in [1.807, 2.05) is 0 Å². The Labute approximate surface area is 365 Å². The Morgan fingerprint density at radius 3 is 1.17 bits per heavy atom. The fourth-order valence-electron chi connectivity index (χ4n) is 7.57. The maximum Gasteiger partial charge on any atom is 0.217 e. The number of carbonyl (C=O) groups excluding carboxylic acids is 4. The second-order valence-corrected chi connectivity index (χ2v) is 16.8. The van der Waals surface area contributed by atoms with E-state index in [0.717, 1.165) is 37.4 Å². The highest BCUT2D eigenvalue weighted by atomic mass is 32.2. The molecule has 13 N–H and O–H groups in total. The molecule has 4 aliphatic heterocycles. The van der Waals surface area contributed by atoms with E-state index in [0.29, 0.717) is 0 Å². The van der Waals surface area contributed by atoms with Crippen LogP contribution in [0.5, 0.6) is 0 Å². The van der Waals surface area contributed by atoms with Gasteiger partial charge in [0.15, 0.2) is 18.9 Å². The second-order valence-electron chi connectivity index (χ2n) is 15.6. The van der Waals surface area contributed by atoms with Gasteiger partial charge in [-0.05, 0) is 12.1 Å². The summed E-state index contributed by atoms with van der Waals surface area (Å²) in [6, 6.07) is 3.64. The highest BCUT2D eigenvalue weighted by Crippen LogP contribution is 2.35. The van der Waals surface area contributed by atoms with Crippen molar-refractivity contribution in [3.05, 3.63) is 30.3 Å². The molecule has 24 nitrogen and oxygen atoms in total. The molecular weight excluding hydrogens is 864 g/mol. The minimum atomic E-state index is -1.79. The molecule has 0 unspecified atom stereocenters. The molecule has 356 valence electrons. The first kappa shape index (κ1) is 50.8. The summed E-state index contributed by atoms with van der Waals surface area (Å²) in [6.07, 6.45) is -23.8. The number of hydrogen-bond acceptors (Lipinski definition) is 21. The molecule has 0 saturated carbocycles. The molecule has 0 aromatic heterocycles. The van der Waals surface area contributed by atoms with Gasteiger partial charge >= 0.3 is 0 Å². The quantitative estimate of drug-likeness (QED) is 0.0733. The Balaban J connectivity index is 1.30. The third kappa shape index (κ3) is 12.8. The van der Waals surface area contributed by atoms with Crippen molar-refractivity contribution in [2.24, 2.45) is 0 Å². The lowest BCUT2D eigenvalue weighted by molar-refractivity contribution is -0.318. The van der Waals surface area contributed by atoms with E-state index >= 15 is 0 Å². The number of nitrogens with one attached hydrogen (secondary N) is 4. The highest BCUT2D eigenvalue weighted by Gasteiger charge is 2.52. The smallest absolute Gasteiger partial charge is 0.217 e. The first-order chi connectivity index (χ1) is 29.8. The van der Waals surface area contributed by atoms with Crippen molar-refractivity contribution in [3.63, 3.8) is 0 Å². The normalized spacial score (nSPS) is 40.7. The lowest BCUT2D eigenvalue weighted by atomic mass is 9.95. The Morgan fingerprint density at radius 2 is 0.810 bits per heavy atom. The molecule has 1 aromatic rings. The van der Waals surface area contributed by atoms with Gasteiger partial charge in [-0.1, -0.05) is 30.0 Å². The average molecular weight is 923 g/mol. The molecular formula is C38H58N4O20S. The zero-order valence-electron chi connectivity index (χ0n) is 34.7. The first-order valence-corrected chi connectivity index (χ1v) is 21.0. The van der Waals surface area contributed by atoms with Crippen molar-refractivity contribution in [2.75, 3.05) is 26.4 Å². The van der Waals surface area contributed by atoms with Gasteiger partial charge in [-0.2, -0.15) is 0 Å². The molecule has 4 saturated heterocycles. The molecule has 0 radical (unpaired) electrons. The van der Waals surface area contributed by atoms with Crippen LogP contribution >= 0.6 is 11.8 Å². The van der Waals surface area contributed by atoms with Crippen LogP contribution < -0.4 is 21.3 Å². The standard InChI is InChI=1S/C38H58N4O20S/c1-14(44)39-23-31(52)27(48)19(10-43)59-35(23)56-11-20-28(49)32(53)24(40-15(2)45)36(60-20)57-12-21-29(50)33(54)25(41-16(3)46)37(61-21)58-13-22-30(51)34(55)26(42-17(4)47)38(62-22)63-18-8-6-5-7-9-18/h5-9,19-38,43,48-55H,10-13H2,1-4H3,(H,39,44)(H,40,45)(H,41,46)(H,42,47)/t19-,20-,21-,22-,23-,24-,25-,26-,27-,28-,29-,30-,31-,32-,33-,34-,35-,36-,37-,38+/m1/s1. The van der Waals surface area contributed by atoms with Gasteiger partial charge in [0.2, 0.25) is 23.6 Å². The van der Waals surface area contributed by atoms with Crippen molar-refractivity contribution in [2.45, 2.75) is 154 Å². The fourth-order valence-corrected chi connectivity index (χ4v) is 8.73. The monoisotopic (exact) mass is 922 g/mol. The van der Waals surface area contributed by atoms with Crippen LogP contribution in [0.25, 0.3) is 0 Å². The van der Waals surface area contributed by atoms with E-state index in [9.17, 15) is 65.1 Å². The summed E-state index contributed by atoms with van der Waals surface area (Å²) in [5.74, 6) is -2.43. The van der Waals surface area contributed by atoms with Gasteiger partial charge in [0, 0.05) is 32.6 Å². The summed E-state index contributed by atoms with van der Waals surface area (Å²) in [6.45, 7) is 2.10. The number of hydrogen-bond donors (Lipinski definition) is 13. The maximum atomic E-state index is 12.2. The van der Waals surface area contributed by atoms with Crippen molar-refractivity contribution in [1.29, 1.82) is 0 Å². The van der Waals surface area contributed by atoms with E-state index in [1.165, 1.54) is 6.92 Å². The number of aliphatic hydroxyl groups is 9. The Kier molecular flexibility index (Phi) is 18.4. The molecule has 63 heavy (non-hydrogen) atoms. The maximum absolute atomic E-state index is 12.2. The van der Waals surface area contributed by atoms with Gasteiger partial charge in [0.25, 0.3) is 0 Å². The van der Waals surface area contributed by atoms with Crippen molar-refractivity contribution in [1.82, 2.24) is 21.3 Å². The molecule has 25 heteroatoms. The number of benzene rings is 1. The van der Waals surface area contributed by atoms with Crippen LogP contribution in [0.1, 0.15) is 27.7 Å². The number of ether oxygens (including phenoxy) is 7. The third-order valence-corrected chi connectivity index (χ3v) is 11.9. The van der Waals surface area contributed by atoms with Gasteiger partial charge < -0.3 is 100 Å². The lowest BCUT2D eigenvalue weighted by Crippen LogP contribution is -2.67. The number of carbonyl (C=O) groups is 4. The predicted molar refractivity (Wildman–Crippen MR) is 210 cm³/mol. The summed E-state index contributed by atoms with van der Waals surface area (Å²) >= 11 is 1.16. The highest BCUT2D eigenvalue weighted by molar-refractivity contribution is 7.99. The lowest BCUT2D eigenvalue weighted by Gasteiger charge is -2.46. The number of aliphatic hydroxyl groups excluding tert-OH is 9. The summed E-state index contributed by atoms with van der Waals surface area (Å²) in [5, 5.41) is 107. The van der Waals surface area contributed by atoms with E-state index < -0.39 is 172 Å². The minimum absolute atomic E-state index is 0.487. The van der Waals surface area contributed by atoms with Crippen LogP contribution in [0.3, 0.4) is 0 Å². The molecule has 0 spiro atoms. The van der Waals surface area contributed by atoms with Gasteiger partial charge in [-0.15, -0.1) is 0 Å². The predicted octanol–water partition coefficient (Wildman–Crippen LogP) is -6.37. The van der Waals surface area contributed by atoms with E-state index in [-0.39, 0.29) is 0 Å². The Hall–Kier alpha value is -3.19. The fraction of sp³-hybridized carbons (Fsp3) is 0.737. The SMILES string of the molecule is CC(=O)N[C@@H]1[C@@H](O)[C@H](O)[C@@H](CO[C@@H]2O[C@H](CO[C@@H]3O[C@H](CO[C@@H]4O[C@H](CO)[C@@H](O)[C@H](O)[C@H]4NC(C)=O)[C@@H](O)[C@H](O)[C@H]3NC(C)=O)[C@@H](O)[C@H](O)[C@H]2NC(C)=O)O[C@H]1Sc1ccccc1. The minimum Gasteiger partial charge on any atom is -0.394 e. The zero-order chi connectivity index (χ0) is 46.3. The second kappa shape index (κ2) is 22.8. The molecule has 4 aliphatic rings. The van der Waals surface area contributed by atoms with Crippen molar-refractivity contribution in [3.8, 4) is 0 Å². The van der Waals surface area contributed by atoms with Gasteiger partial charge in [-0.3, -0.25) is 19.2 Å².